The average molecular weight is 258 g/mol. The van der Waals surface area contributed by atoms with Gasteiger partial charge in [-0.15, -0.1) is 0 Å². The normalized spacial score (nSPS) is 16.8. The summed E-state index contributed by atoms with van der Waals surface area (Å²) in [5.41, 5.74) is 8.50. The van der Waals surface area contributed by atoms with Gasteiger partial charge in [-0.1, -0.05) is 32.1 Å². The fraction of sp³-hybridized carbons (Fsp3) is 0.533. The van der Waals surface area contributed by atoms with Crippen LogP contribution in [-0.4, -0.2) is 16.5 Å². The number of benzene rings is 1. The van der Waals surface area contributed by atoms with Gasteiger partial charge >= 0.3 is 0 Å². The monoisotopic (exact) mass is 258 g/mol. The van der Waals surface area contributed by atoms with Gasteiger partial charge in [-0.25, -0.2) is 4.98 Å². The summed E-state index contributed by atoms with van der Waals surface area (Å²) in [4.78, 5) is 7.79. The largest absolute Gasteiger partial charge is 0.399 e. The van der Waals surface area contributed by atoms with Crippen molar-refractivity contribution in [3.8, 4) is 0 Å². The standard InChI is InChI=1S/C15H22N4/c16-12-6-7-13-14(10-12)19-15(18-13)17-9-8-11-4-2-1-3-5-11/h6-7,10-11H,1-5,8-9,16H2,(H2,17,18,19). The molecule has 1 aliphatic carbocycles. The minimum atomic E-state index is 0.768. The highest BCUT2D eigenvalue weighted by atomic mass is 15.1. The molecule has 0 saturated heterocycles. The summed E-state index contributed by atoms with van der Waals surface area (Å²) in [5.74, 6) is 1.76. The Balaban J connectivity index is 1.56. The van der Waals surface area contributed by atoms with Crippen LogP contribution in [0.5, 0.6) is 0 Å². The van der Waals surface area contributed by atoms with Crippen LogP contribution in [0.15, 0.2) is 18.2 Å². The first-order valence-electron chi connectivity index (χ1n) is 7.30. The summed E-state index contributed by atoms with van der Waals surface area (Å²) in [6, 6.07) is 5.76. The molecule has 4 heteroatoms. The Hall–Kier alpha value is -1.71. The minimum Gasteiger partial charge on any atom is -0.399 e. The Labute approximate surface area is 113 Å². The van der Waals surface area contributed by atoms with Crippen molar-refractivity contribution in [1.29, 1.82) is 0 Å². The molecule has 0 amide bonds. The van der Waals surface area contributed by atoms with Gasteiger partial charge in [0.05, 0.1) is 11.0 Å². The number of hydrogen-bond donors (Lipinski definition) is 3. The van der Waals surface area contributed by atoms with Gasteiger partial charge in [-0.05, 0) is 30.5 Å². The number of aromatic amines is 1. The quantitative estimate of drug-likeness (QED) is 0.735. The number of nitrogens with zero attached hydrogens (tertiary/aromatic N) is 1. The summed E-state index contributed by atoms with van der Waals surface area (Å²) in [5, 5.41) is 3.39. The Kier molecular flexibility index (Phi) is 3.58. The summed E-state index contributed by atoms with van der Waals surface area (Å²) < 4.78 is 0. The number of nitrogen functional groups attached to an aromatic ring is 1. The molecule has 0 aliphatic heterocycles. The lowest BCUT2D eigenvalue weighted by atomic mass is 9.87. The molecule has 1 aromatic carbocycles. The zero-order chi connectivity index (χ0) is 13.1. The maximum Gasteiger partial charge on any atom is 0.201 e. The molecule has 4 N–H and O–H groups in total. The highest BCUT2D eigenvalue weighted by Gasteiger charge is 2.12. The van der Waals surface area contributed by atoms with Gasteiger partial charge in [0.25, 0.3) is 0 Å². The van der Waals surface area contributed by atoms with E-state index in [0.29, 0.717) is 0 Å². The minimum absolute atomic E-state index is 0.768. The van der Waals surface area contributed by atoms with Gasteiger partial charge < -0.3 is 16.0 Å². The molecule has 1 aromatic heterocycles. The third-order valence-corrected chi connectivity index (χ3v) is 4.08. The van der Waals surface area contributed by atoms with Crippen LogP contribution in [0.25, 0.3) is 11.0 Å². The third-order valence-electron chi connectivity index (χ3n) is 4.08. The molecule has 0 radical (unpaired) electrons. The summed E-state index contributed by atoms with van der Waals surface area (Å²) in [6.07, 6.45) is 8.30. The molecule has 1 saturated carbocycles. The van der Waals surface area contributed by atoms with E-state index >= 15 is 0 Å². The van der Waals surface area contributed by atoms with Gasteiger partial charge in [0, 0.05) is 12.2 Å². The van der Waals surface area contributed by atoms with E-state index in [2.05, 4.69) is 15.3 Å². The second-order valence-electron chi connectivity index (χ2n) is 5.58. The first-order valence-corrected chi connectivity index (χ1v) is 7.30. The number of hydrogen-bond acceptors (Lipinski definition) is 3. The van der Waals surface area contributed by atoms with Crippen LogP contribution in [0.4, 0.5) is 11.6 Å². The molecule has 4 nitrogen and oxygen atoms in total. The van der Waals surface area contributed by atoms with Crippen LogP contribution >= 0.6 is 0 Å². The van der Waals surface area contributed by atoms with Crippen LogP contribution in [-0.2, 0) is 0 Å². The van der Waals surface area contributed by atoms with E-state index in [9.17, 15) is 0 Å². The topological polar surface area (TPSA) is 66.7 Å². The predicted octanol–water partition coefficient (Wildman–Crippen LogP) is 3.53. The SMILES string of the molecule is Nc1ccc2nc(NCCC3CCCCC3)[nH]c2c1. The van der Waals surface area contributed by atoms with Crippen molar-refractivity contribution in [2.24, 2.45) is 5.92 Å². The van der Waals surface area contributed by atoms with E-state index in [1.807, 2.05) is 18.2 Å². The maximum atomic E-state index is 5.76. The Morgan fingerprint density at radius 1 is 1.26 bits per heavy atom. The molecule has 0 atom stereocenters. The fourth-order valence-corrected chi connectivity index (χ4v) is 2.98. The summed E-state index contributed by atoms with van der Waals surface area (Å²) >= 11 is 0. The highest BCUT2D eigenvalue weighted by molar-refractivity contribution is 5.80. The number of rotatable bonds is 4. The number of fused-ring (bicyclic) bond motifs is 1. The van der Waals surface area contributed by atoms with E-state index in [4.69, 9.17) is 5.73 Å². The van der Waals surface area contributed by atoms with Crippen molar-refractivity contribution in [1.82, 2.24) is 9.97 Å². The molecule has 0 bridgehead atoms. The predicted molar refractivity (Wildman–Crippen MR) is 80.2 cm³/mol. The molecule has 1 fully saturated rings. The van der Waals surface area contributed by atoms with Crippen LogP contribution < -0.4 is 11.1 Å². The van der Waals surface area contributed by atoms with Gasteiger partial charge in [-0.3, -0.25) is 0 Å². The van der Waals surface area contributed by atoms with Crippen molar-refractivity contribution in [2.45, 2.75) is 38.5 Å². The van der Waals surface area contributed by atoms with E-state index in [1.54, 1.807) is 0 Å². The average Bonchev–Trinajstić information content (AvgIpc) is 2.82. The van der Waals surface area contributed by atoms with Crippen LogP contribution in [0.1, 0.15) is 38.5 Å². The van der Waals surface area contributed by atoms with Gasteiger partial charge in [-0.2, -0.15) is 0 Å². The molecular formula is C15H22N4. The molecule has 3 rings (SSSR count). The number of anilines is 2. The second-order valence-corrected chi connectivity index (χ2v) is 5.58. The zero-order valence-electron chi connectivity index (χ0n) is 11.3. The molecule has 1 aliphatic rings. The number of nitrogens with two attached hydrogens (primary N) is 1. The van der Waals surface area contributed by atoms with Crippen LogP contribution in [0.3, 0.4) is 0 Å². The van der Waals surface area contributed by atoms with Crippen LogP contribution in [0.2, 0.25) is 0 Å². The number of nitrogens with one attached hydrogen (secondary N) is 2. The van der Waals surface area contributed by atoms with Crippen molar-refractivity contribution < 1.29 is 0 Å². The zero-order valence-corrected chi connectivity index (χ0v) is 11.3. The molecule has 102 valence electrons. The van der Waals surface area contributed by atoms with E-state index in [0.717, 1.165) is 35.1 Å². The summed E-state index contributed by atoms with van der Waals surface area (Å²) in [6.45, 7) is 1.000. The summed E-state index contributed by atoms with van der Waals surface area (Å²) in [7, 11) is 0. The number of imidazole rings is 1. The van der Waals surface area contributed by atoms with Crippen molar-refractivity contribution in [3.63, 3.8) is 0 Å². The Morgan fingerprint density at radius 3 is 2.95 bits per heavy atom. The van der Waals surface area contributed by atoms with Gasteiger partial charge in [0.2, 0.25) is 5.95 Å². The first kappa shape index (κ1) is 12.3. The molecule has 2 aromatic rings. The molecule has 1 heterocycles. The van der Waals surface area contributed by atoms with Gasteiger partial charge in [0.15, 0.2) is 0 Å². The number of aromatic nitrogens is 2. The van der Waals surface area contributed by atoms with Crippen molar-refractivity contribution in [3.05, 3.63) is 18.2 Å². The van der Waals surface area contributed by atoms with E-state index < -0.39 is 0 Å². The molecule has 19 heavy (non-hydrogen) atoms. The lowest BCUT2D eigenvalue weighted by Gasteiger charge is -2.21. The van der Waals surface area contributed by atoms with Crippen molar-refractivity contribution >= 4 is 22.7 Å². The van der Waals surface area contributed by atoms with Crippen LogP contribution in [0, 0.1) is 5.92 Å². The molecule has 0 spiro atoms. The van der Waals surface area contributed by atoms with Gasteiger partial charge in [0.1, 0.15) is 0 Å². The lowest BCUT2D eigenvalue weighted by molar-refractivity contribution is 0.345. The highest BCUT2D eigenvalue weighted by Crippen LogP contribution is 2.26. The van der Waals surface area contributed by atoms with E-state index in [-0.39, 0.29) is 0 Å². The Morgan fingerprint density at radius 2 is 2.11 bits per heavy atom. The first-order chi connectivity index (χ1) is 9.31. The second kappa shape index (κ2) is 5.51. The molecule has 0 unspecified atom stereocenters. The third kappa shape index (κ3) is 3.00. The molecular weight excluding hydrogens is 236 g/mol. The number of H-pyrrole nitrogens is 1. The maximum absolute atomic E-state index is 5.76. The van der Waals surface area contributed by atoms with Crippen molar-refractivity contribution in [2.75, 3.05) is 17.6 Å². The van der Waals surface area contributed by atoms with E-state index in [1.165, 1.54) is 38.5 Å². The lowest BCUT2D eigenvalue weighted by Crippen LogP contribution is -2.12. The Bertz CT molecular complexity index is 540. The fourth-order valence-electron chi connectivity index (χ4n) is 2.98. The smallest absolute Gasteiger partial charge is 0.201 e.